The maximum absolute atomic E-state index is 5.62. The Morgan fingerprint density at radius 1 is 1.29 bits per heavy atom. The lowest BCUT2D eigenvalue weighted by Gasteiger charge is -2.01. The van der Waals surface area contributed by atoms with E-state index in [4.69, 9.17) is 4.42 Å². The molecule has 0 bridgehead atoms. The second-order valence-corrected chi connectivity index (χ2v) is 4.24. The first kappa shape index (κ1) is 11.9. The maximum atomic E-state index is 5.62. The molecule has 2 rings (SSSR count). The molecule has 2 aromatic heterocycles. The summed E-state index contributed by atoms with van der Waals surface area (Å²) in [7, 11) is 1.94. The van der Waals surface area contributed by atoms with Crippen molar-refractivity contribution in [2.24, 2.45) is 7.05 Å². The molecule has 4 nitrogen and oxygen atoms in total. The van der Waals surface area contributed by atoms with Crippen LogP contribution in [0, 0.1) is 6.92 Å². The quantitative estimate of drug-likeness (QED) is 0.860. The highest BCUT2D eigenvalue weighted by molar-refractivity contribution is 5.15. The van der Waals surface area contributed by atoms with Crippen molar-refractivity contribution in [1.82, 2.24) is 15.1 Å². The number of nitrogens with one attached hydrogen (secondary N) is 1. The van der Waals surface area contributed by atoms with E-state index in [-0.39, 0.29) is 0 Å². The molecule has 0 aliphatic carbocycles. The fourth-order valence-corrected chi connectivity index (χ4v) is 1.85. The number of aryl methyl sites for hydroxylation is 3. The van der Waals surface area contributed by atoms with Gasteiger partial charge in [0, 0.05) is 31.8 Å². The van der Waals surface area contributed by atoms with Crippen molar-refractivity contribution < 1.29 is 4.42 Å². The number of hydrogen-bond donors (Lipinski definition) is 1. The highest BCUT2D eigenvalue weighted by Crippen LogP contribution is 2.09. The van der Waals surface area contributed by atoms with Crippen LogP contribution in [0.5, 0.6) is 0 Å². The number of furan rings is 1. The van der Waals surface area contributed by atoms with Gasteiger partial charge in [0.05, 0.1) is 12.2 Å². The third-order valence-electron chi connectivity index (χ3n) is 2.80. The highest BCUT2D eigenvalue weighted by atomic mass is 16.3. The van der Waals surface area contributed by atoms with Crippen molar-refractivity contribution in [2.75, 3.05) is 0 Å². The average Bonchev–Trinajstić information content (AvgIpc) is 2.86. The van der Waals surface area contributed by atoms with Gasteiger partial charge in [0.1, 0.15) is 11.5 Å². The smallest absolute Gasteiger partial charge is 0.117 e. The van der Waals surface area contributed by atoms with Gasteiger partial charge in [-0.2, -0.15) is 5.10 Å². The summed E-state index contributed by atoms with van der Waals surface area (Å²) in [5, 5.41) is 7.67. The number of rotatable bonds is 5. The van der Waals surface area contributed by atoms with Crippen LogP contribution >= 0.6 is 0 Å². The van der Waals surface area contributed by atoms with Crippen molar-refractivity contribution in [3.05, 3.63) is 41.1 Å². The Balaban J connectivity index is 1.85. The molecule has 0 amide bonds. The minimum Gasteiger partial charge on any atom is -0.465 e. The molecule has 1 N–H and O–H groups in total. The fourth-order valence-electron chi connectivity index (χ4n) is 1.85. The molecule has 0 aliphatic rings. The van der Waals surface area contributed by atoms with E-state index < -0.39 is 0 Å². The van der Waals surface area contributed by atoms with E-state index in [1.165, 1.54) is 5.56 Å². The lowest BCUT2D eigenvalue weighted by atomic mass is 10.2. The Kier molecular flexibility index (Phi) is 3.64. The summed E-state index contributed by atoms with van der Waals surface area (Å²) >= 11 is 0. The van der Waals surface area contributed by atoms with Crippen molar-refractivity contribution in [3.8, 4) is 0 Å². The molecule has 2 heterocycles. The first-order chi connectivity index (χ1) is 8.19. The molecule has 0 fully saturated rings. The first-order valence-corrected chi connectivity index (χ1v) is 5.96. The summed E-state index contributed by atoms with van der Waals surface area (Å²) in [5.41, 5.74) is 2.31. The zero-order chi connectivity index (χ0) is 12.3. The summed E-state index contributed by atoms with van der Waals surface area (Å²) in [6.07, 6.45) is 2.99. The Morgan fingerprint density at radius 3 is 2.65 bits per heavy atom. The lowest BCUT2D eigenvalue weighted by molar-refractivity contribution is 0.450. The number of nitrogens with zero attached hydrogens (tertiary/aromatic N) is 2. The SMILES string of the molecule is CCc1ccc(CNCc2cn(C)nc2C)o1. The molecule has 0 saturated carbocycles. The van der Waals surface area contributed by atoms with Crippen LogP contribution < -0.4 is 5.32 Å². The van der Waals surface area contributed by atoms with Gasteiger partial charge in [-0.25, -0.2) is 0 Å². The van der Waals surface area contributed by atoms with Crippen molar-refractivity contribution in [3.63, 3.8) is 0 Å². The van der Waals surface area contributed by atoms with Gasteiger partial charge < -0.3 is 9.73 Å². The predicted octanol–water partition coefficient (Wildman–Crippen LogP) is 2.17. The molecule has 0 radical (unpaired) electrons. The van der Waals surface area contributed by atoms with Crippen LogP contribution in [0.1, 0.15) is 29.7 Å². The molecule has 0 spiro atoms. The van der Waals surface area contributed by atoms with Gasteiger partial charge in [-0.05, 0) is 19.1 Å². The average molecular weight is 233 g/mol. The van der Waals surface area contributed by atoms with Crippen molar-refractivity contribution >= 4 is 0 Å². The second kappa shape index (κ2) is 5.19. The van der Waals surface area contributed by atoms with Crippen molar-refractivity contribution in [2.45, 2.75) is 33.4 Å². The van der Waals surface area contributed by atoms with Gasteiger partial charge in [0.25, 0.3) is 0 Å². The first-order valence-electron chi connectivity index (χ1n) is 5.96. The van der Waals surface area contributed by atoms with Crippen LogP contribution in [-0.2, 0) is 26.6 Å². The summed E-state index contributed by atoms with van der Waals surface area (Å²) in [4.78, 5) is 0. The monoisotopic (exact) mass is 233 g/mol. The molecule has 92 valence electrons. The maximum Gasteiger partial charge on any atom is 0.117 e. The third-order valence-corrected chi connectivity index (χ3v) is 2.80. The third kappa shape index (κ3) is 2.97. The molecular weight excluding hydrogens is 214 g/mol. The largest absolute Gasteiger partial charge is 0.465 e. The molecule has 0 aromatic carbocycles. The summed E-state index contributed by atoms with van der Waals surface area (Å²) in [6.45, 7) is 5.70. The molecular formula is C13H19N3O. The van der Waals surface area contributed by atoms with Crippen LogP contribution in [0.15, 0.2) is 22.7 Å². The molecule has 0 saturated heterocycles. The van der Waals surface area contributed by atoms with E-state index in [0.717, 1.165) is 36.7 Å². The molecule has 17 heavy (non-hydrogen) atoms. The van der Waals surface area contributed by atoms with Gasteiger partial charge in [0.15, 0.2) is 0 Å². The molecule has 4 heteroatoms. The van der Waals surface area contributed by atoms with Gasteiger partial charge in [-0.3, -0.25) is 4.68 Å². The Morgan fingerprint density at radius 2 is 2.06 bits per heavy atom. The van der Waals surface area contributed by atoms with Crippen LogP contribution in [0.3, 0.4) is 0 Å². The lowest BCUT2D eigenvalue weighted by Crippen LogP contribution is -2.12. The zero-order valence-corrected chi connectivity index (χ0v) is 10.7. The molecule has 2 aromatic rings. The minimum absolute atomic E-state index is 0.758. The normalized spacial score (nSPS) is 11.0. The van der Waals surface area contributed by atoms with Crippen LogP contribution in [0.25, 0.3) is 0 Å². The van der Waals surface area contributed by atoms with Crippen molar-refractivity contribution in [1.29, 1.82) is 0 Å². The van der Waals surface area contributed by atoms with E-state index >= 15 is 0 Å². The molecule has 0 aliphatic heterocycles. The van der Waals surface area contributed by atoms with Gasteiger partial charge >= 0.3 is 0 Å². The zero-order valence-electron chi connectivity index (χ0n) is 10.7. The van der Waals surface area contributed by atoms with Crippen LogP contribution in [0.2, 0.25) is 0 Å². The number of hydrogen-bond acceptors (Lipinski definition) is 3. The predicted molar refractivity (Wildman–Crippen MR) is 66.6 cm³/mol. The highest BCUT2D eigenvalue weighted by Gasteiger charge is 2.03. The minimum atomic E-state index is 0.758. The van der Waals surface area contributed by atoms with Crippen LogP contribution in [0.4, 0.5) is 0 Å². The fraction of sp³-hybridized carbons (Fsp3) is 0.462. The van der Waals surface area contributed by atoms with Gasteiger partial charge in [-0.15, -0.1) is 0 Å². The molecule has 0 unspecified atom stereocenters. The standard InChI is InChI=1S/C13H19N3O/c1-4-12-5-6-13(17-12)8-14-7-11-9-16(3)15-10(11)2/h5-6,9,14H,4,7-8H2,1-3H3. The summed E-state index contributed by atoms with van der Waals surface area (Å²) in [5.74, 6) is 2.03. The van der Waals surface area contributed by atoms with Gasteiger partial charge in [0.2, 0.25) is 0 Å². The summed E-state index contributed by atoms with van der Waals surface area (Å²) in [6, 6.07) is 4.06. The summed E-state index contributed by atoms with van der Waals surface area (Å²) < 4.78 is 7.46. The van der Waals surface area contributed by atoms with E-state index in [1.54, 1.807) is 0 Å². The second-order valence-electron chi connectivity index (χ2n) is 4.24. The topological polar surface area (TPSA) is 43.0 Å². The van der Waals surface area contributed by atoms with Gasteiger partial charge in [-0.1, -0.05) is 6.92 Å². The molecule has 0 atom stereocenters. The Labute approximate surface area is 102 Å². The Bertz CT molecular complexity index is 485. The van der Waals surface area contributed by atoms with E-state index in [1.807, 2.05) is 37.0 Å². The van der Waals surface area contributed by atoms with Crippen LogP contribution in [-0.4, -0.2) is 9.78 Å². The van der Waals surface area contributed by atoms with E-state index in [2.05, 4.69) is 17.3 Å². The Hall–Kier alpha value is -1.55. The van der Waals surface area contributed by atoms with E-state index in [0.29, 0.717) is 0 Å². The van der Waals surface area contributed by atoms with E-state index in [9.17, 15) is 0 Å². The number of aromatic nitrogens is 2.